The monoisotopic (exact) mass is 299 g/mol. The smallest absolute Gasteiger partial charge is 0.312 e. The van der Waals surface area contributed by atoms with Gasteiger partial charge in [-0.25, -0.2) is 8.42 Å². The highest BCUT2D eigenvalue weighted by Gasteiger charge is 2.43. The number of piperidine rings is 1. The minimum atomic E-state index is -3.59. The molecule has 0 aromatic heterocycles. The van der Waals surface area contributed by atoms with Gasteiger partial charge < -0.3 is 10.2 Å². The molecule has 0 radical (unpaired) electrons. The molecule has 0 saturated carbocycles. The number of carbonyl (C=O) groups is 1. The van der Waals surface area contributed by atoms with Crippen LogP contribution in [0.4, 0.5) is 0 Å². The van der Waals surface area contributed by atoms with Crippen LogP contribution in [0.25, 0.3) is 0 Å². The average Bonchev–Trinajstić information content (AvgIpc) is 2.48. The third-order valence-electron chi connectivity index (χ3n) is 3.82. The Hall–Kier alpha value is -1.44. The zero-order chi connectivity index (χ0) is 14.8. The van der Waals surface area contributed by atoms with Gasteiger partial charge in [0.15, 0.2) is 0 Å². The lowest BCUT2D eigenvalue weighted by atomic mass is 9.80. The van der Waals surface area contributed by atoms with Gasteiger partial charge in [-0.1, -0.05) is 18.2 Å². The zero-order valence-electron chi connectivity index (χ0n) is 10.9. The molecular weight excluding hydrogens is 282 g/mol. The first-order valence-electron chi connectivity index (χ1n) is 6.32. The number of hydrogen-bond donors (Lipinski definition) is 2. The van der Waals surface area contributed by atoms with Crippen molar-refractivity contribution in [2.45, 2.75) is 17.7 Å². The van der Waals surface area contributed by atoms with Crippen LogP contribution in [0.3, 0.4) is 0 Å². The second-order valence-electron chi connectivity index (χ2n) is 4.96. The normalized spacial score (nSPS) is 19.6. The number of aliphatic hydroxyl groups excluding tert-OH is 1. The standard InChI is InChI=1S/C13H17NO5S/c15-10-13(12(16)17)6-8-14(9-7-13)20(18,19)11-4-2-1-3-5-11/h1-5,15H,6-10H2,(H,16,17). The SMILES string of the molecule is O=C(O)C1(CO)CCN(S(=O)(=O)c2ccccc2)CC1. The van der Waals surface area contributed by atoms with E-state index in [1.807, 2.05) is 0 Å². The Balaban J connectivity index is 2.17. The molecule has 7 heteroatoms. The molecule has 1 heterocycles. The summed E-state index contributed by atoms with van der Waals surface area (Å²) in [6, 6.07) is 8.05. The zero-order valence-corrected chi connectivity index (χ0v) is 11.7. The molecule has 0 amide bonds. The number of aliphatic hydroxyl groups is 1. The van der Waals surface area contributed by atoms with Gasteiger partial charge in [0.1, 0.15) is 0 Å². The molecule has 0 atom stereocenters. The van der Waals surface area contributed by atoms with Crippen LogP contribution in [0, 0.1) is 5.41 Å². The maximum Gasteiger partial charge on any atom is 0.312 e. The van der Waals surface area contributed by atoms with E-state index in [0.717, 1.165) is 0 Å². The molecule has 1 aromatic carbocycles. The third-order valence-corrected chi connectivity index (χ3v) is 5.73. The van der Waals surface area contributed by atoms with Crippen LogP contribution in [-0.2, 0) is 14.8 Å². The molecule has 1 aliphatic rings. The maximum absolute atomic E-state index is 12.4. The lowest BCUT2D eigenvalue weighted by Gasteiger charge is -2.36. The van der Waals surface area contributed by atoms with Crippen LogP contribution in [0.1, 0.15) is 12.8 Å². The summed E-state index contributed by atoms with van der Waals surface area (Å²) >= 11 is 0. The molecule has 1 aromatic rings. The summed E-state index contributed by atoms with van der Waals surface area (Å²) in [4.78, 5) is 11.4. The number of hydrogen-bond acceptors (Lipinski definition) is 4. The third kappa shape index (κ3) is 2.56. The summed E-state index contributed by atoms with van der Waals surface area (Å²) in [6.45, 7) is -0.268. The largest absolute Gasteiger partial charge is 0.481 e. The summed E-state index contributed by atoms with van der Waals surface area (Å²) < 4.78 is 26.0. The highest BCUT2D eigenvalue weighted by molar-refractivity contribution is 7.89. The molecule has 1 aliphatic heterocycles. The number of carboxylic acid groups (broad SMARTS) is 1. The summed E-state index contributed by atoms with van der Waals surface area (Å²) in [5.41, 5.74) is -1.22. The van der Waals surface area contributed by atoms with Crippen molar-refractivity contribution < 1.29 is 23.4 Å². The van der Waals surface area contributed by atoms with Crippen molar-refractivity contribution in [2.24, 2.45) is 5.41 Å². The number of rotatable bonds is 4. The topological polar surface area (TPSA) is 94.9 Å². The van der Waals surface area contributed by atoms with E-state index in [9.17, 15) is 18.3 Å². The number of nitrogens with zero attached hydrogens (tertiary/aromatic N) is 1. The second kappa shape index (κ2) is 5.51. The number of carboxylic acids is 1. The van der Waals surface area contributed by atoms with Crippen molar-refractivity contribution in [3.8, 4) is 0 Å². The van der Waals surface area contributed by atoms with E-state index in [0.29, 0.717) is 0 Å². The van der Waals surface area contributed by atoms with E-state index in [-0.39, 0.29) is 30.8 Å². The van der Waals surface area contributed by atoms with Crippen LogP contribution in [-0.4, -0.2) is 48.6 Å². The van der Waals surface area contributed by atoms with E-state index in [1.54, 1.807) is 18.2 Å². The van der Waals surface area contributed by atoms with E-state index >= 15 is 0 Å². The fourth-order valence-corrected chi connectivity index (χ4v) is 3.80. The molecule has 6 nitrogen and oxygen atoms in total. The Morgan fingerprint density at radius 1 is 1.20 bits per heavy atom. The first kappa shape index (κ1) is 15.0. The minimum absolute atomic E-state index is 0.101. The quantitative estimate of drug-likeness (QED) is 0.846. The van der Waals surface area contributed by atoms with Gasteiger partial charge in [-0.15, -0.1) is 0 Å². The summed E-state index contributed by atoms with van der Waals surface area (Å²) in [7, 11) is -3.59. The van der Waals surface area contributed by atoms with Gasteiger partial charge in [0.25, 0.3) is 0 Å². The van der Waals surface area contributed by atoms with Crippen molar-refractivity contribution in [1.29, 1.82) is 0 Å². The highest BCUT2D eigenvalue weighted by atomic mass is 32.2. The van der Waals surface area contributed by atoms with Crippen LogP contribution in [0.15, 0.2) is 35.2 Å². The first-order chi connectivity index (χ1) is 9.42. The second-order valence-corrected chi connectivity index (χ2v) is 6.90. The van der Waals surface area contributed by atoms with Crippen LogP contribution in [0.5, 0.6) is 0 Å². The molecule has 0 bridgehead atoms. The first-order valence-corrected chi connectivity index (χ1v) is 7.76. The Morgan fingerprint density at radius 3 is 2.20 bits per heavy atom. The lowest BCUT2D eigenvalue weighted by molar-refractivity contribution is -0.154. The molecule has 1 saturated heterocycles. The summed E-state index contributed by atoms with van der Waals surface area (Å²) in [5, 5.41) is 18.4. The van der Waals surface area contributed by atoms with Crippen LogP contribution < -0.4 is 0 Å². The Morgan fingerprint density at radius 2 is 1.75 bits per heavy atom. The minimum Gasteiger partial charge on any atom is -0.481 e. The maximum atomic E-state index is 12.4. The van der Waals surface area contributed by atoms with Gasteiger partial charge in [0.2, 0.25) is 10.0 Å². The molecule has 2 rings (SSSR count). The predicted molar refractivity (Wildman–Crippen MR) is 71.6 cm³/mol. The van der Waals surface area contributed by atoms with Crippen molar-refractivity contribution in [1.82, 2.24) is 4.31 Å². The van der Waals surface area contributed by atoms with Crippen LogP contribution in [0.2, 0.25) is 0 Å². The fraction of sp³-hybridized carbons (Fsp3) is 0.462. The van der Waals surface area contributed by atoms with Gasteiger partial charge in [0, 0.05) is 13.1 Å². The molecule has 1 fully saturated rings. The molecule has 0 aliphatic carbocycles. The molecule has 0 unspecified atom stereocenters. The van der Waals surface area contributed by atoms with Gasteiger partial charge in [-0.3, -0.25) is 4.79 Å². The van der Waals surface area contributed by atoms with Crippen LogP contribution >= 0.6 is 0 Å². The average molecular weight is 299 g/mol. The van der Waals surface area contributed by atoms with E-state index in [4.69, 9.17) is 5.11 Å². The van der Waals surface area contributed by atoms with E-state index in [2.05, 4.69) is 0 Å². The molecule has 20 heavy (non-hydrogen) atoms. The van der Waals surface area contributed by atoms with Crippen molar-refractivity contribution in [3.63, 3.8) is 0 Å². The molecule has 0 spiro atoms. The van der Waals surface area contributed by atoms with Crippen molar-refractivity contribution in [3.05, 3.63) is 30.3 Å². The number of sulfonamides is 1. The highest BCUT2D eigenvalue weighted by Crippen LogP contribution is 2.33. The van der Waals surface area contributed by atoms with Gasteiger partial charge in [-0.2, -0.15) is 4.31 Å². The molecule has 2 N–H and O–H groups in total. The Labute approximate surface area is 117 Å². The number of aliphatic carboxylic acids is 1. The van der Waals surface area contributed by atoms with Gasteiger partial charge >= 0.3 is 5.97 Å². The van der Waals surface area contributed by atoms with E-state index < -0.39 is 28.0 Å². The van der Waals surface area contributed by atoms with Gasteiger partial charge in [-0.05, 0) is 25.0 Å². The lowest BCUT2D eigenvalue weighted by Crippen LogP contribution is -2.48. The Kier molecular flexibility index (Phi) is 4.12. The molecular formula is C13H17NO5S. The predicted octanol–water partition coefficient (Wildman–Crippen LogP) is 0.534. The van der Waals surface area contributed by atoms with Gasteiger partial charge in [0.05, 0.1) is 16.9 Å². The number of benzene rings is 1. The summed E-state index contributed by atoms with van der Waals surface area (Å²) in [6.07, 6.45) is 0.232. The fourth-order valence-electron chi connectivity index (χ4n) is 2.34. The van der Waals surface area contributed by atoms with E-state index in [1.165, 1.54) is 16.4 Å². The Bertz CT molecular complexity index is 576. The van der Waals surface area contributed by atoms with Crippen molar-refractivity contribution >= 4 is 16.0 Å². The van der Waals surface area contributed by atoms with Crippen molar-refractivity contribution in [2.75, 3.05) is 19.7 Å². The molecule has 110 valence electrons. The summed E-state index contributed by atoms with van der Waals surface area (Å²) in [5.74, 6) is -1.07.